The highest BCUT2D eigenvalue weighted by atomic mass is 35.5. The third-order valence-corrected chi connectivity index (χ3v) is 3.33. The minimum absolute atomic E-state index is 0.330. The van der Waals surface area contributed by atoms with Gasteiger partial charge in [0.15, 0.2) is 5.78 Å². The average molecular weight is 324 g/mol. The lowest BCUT2D eigenvalue weighted by Crippen LogP contribution is -2.32. The Bertz CT molecular complexity index is 671. The molecule has 0 aromatic heterocycles. The first-order valence-electron chi connectivity index (χ1n) is 6.02. The van der Waals surface area contributed by atoms with Gasteiger partial charge in [0.2, 0.25) is 0 Å². The van der Waals surface area contributed by atoms with Crippen LogP contribution in [0.4, 0.5) is 4.79 Å². The fraction of sp³-hybridized carbons (Fsp3) is 0.0667. The van der Waals surface area contributed by atoms with Gasteiger partial charge in [-0.05, 0) is 29.8 Å². The van der Waals surface area contributed by atoms with Gasteiger partial charge in [-0.2, -0.15) is 0 Å². The first-order valence-corrected chi connectivity index (χ1v) is 6.77. The topological polar surface area (TPSA) is 66.4 Å². The predicted octanol–water partition coefficient (Wildman–Crippen LogP) is 4.19. The van der Waals surface area contributed by atoms with Crippen LogP contribution < -0.4 is 5.32 Å². The van der Waals surface area contributed by atoms with Crippen molar-refractivity contribution in [2.75, 3.05) is 0 Å². The summed E-state index contributed by atoms with van der Waals surface area (Å²) in [6.45, 7) is 0. The number of nitrogens with one attached hydrogen (secondary N) is 1. The largest absolute Gasteiger partial charge is 0.465 e. The molecule has 4 nitrogen and oxygen atoms in total. The summed E-state index contributed by atoms with van der Waals surface area (Å²) in [4.78, 5) is 23.4. The van der Waals surface area contributed by atoms with E-state index in [1.54, 1.807) is 42.5 Å². The van der Waals surface area contributed by atoms with Crippen molar-refractivity contribution in [2.24, 2.45) is 0 Å². The Hall–Kier alpha value is -2.04. The first-order chi connectivity index (χ1) is 9.97. The van der Waals surface area contributed by atoms with E-state index in [0.29, 0.717) is 21.2 Å². The molecule has 2 N–H and O–H groups in total. The minimum atomic E-state index is -1.29. The molecule has 0 fully saturated rings. The maximum absolute atomic E-state index is 12.5. The van der Waals surface area contributed by atoms with Crippen LogP contribution in [0.2, 0.25) is 10.0 Å². The van der Waals surface area contributed by atoms with Crippen LogP contribution >= 0.6 is 23.2 Å². The molecular formula is C15H11Cl2NO3. The molecule has 0 spiro atoms. The molecule has 2 rings (SSSR count). The van der Waals surface area contributed by atoms with Gasteiger partial charge in [-0.15, -0.1) is 0 Å². The number of carbonyl (C=O) groups excluding carboxylic acids is 1. The van der Waals surface area contributed by atoms with Crippen molar-refractivity contribution in [1.82, 2.24) is 5.32 Å². The van der Waals surface area contributed by atoms with Crippen LogP contribution in [0, 0.1) is 0 Å². The van der Waals surface area contributed by atoms with Gasteiger partial charge in [-0.1, -0.05) is 47.5 Å². The highest BCUT2D eigenvalue weighted by Gasteiger charge is 2.24. The van der Waals surface area contributed by atoms with Gasteiger partial charge >= 0.3 is 6.09 Å². The molecule has 108 valence electrons. The zero-order chi connectivity index (χ0) is 15.4. The molecular weight excluding hydrogens is 313 g/mol. The van der Waals surface area contributed by atoms with E-state index < -0.39 is 12.1 Å². The maximum atomic E-state index is 12.5. The van der Waals surface area contributed by atoms with Gasteiger partial charge in [0.25, 0.3) is 0 Å². The number of Topliss-reactive ketones (excluding diaryl/α,β-unsaturated/α-hetero) is 1. The van der Waals surface area contributed by atoms with Crippen LogP contribution in [-0.4, -0.2) is 17.0 Å². The molecule has 6 heteroatoms. The quantitative estimate of drug-likeness (QED) is 0.829. The summed E-state index contributed by atoms with van der Waals surface area (Å²) in [6.07, 6.45) is -1.29. The third-order valence-electron chi connectivity index (χ3n) is 2.84. The number of carboxylic acid groups (broad SMARTS) is 1. The van der Waals surface area contributed by atoms with E-state index in [0.717, 1.165) is 0 Å². The zero-order valence-electron chi connectivity index (χ0n) is 10.7. The van der Waals surface area contributed by atoms with Gasteiger partial charge in [0.1, 0.15) is 6.04 Å². The summed E-state index contributed by atoms with van der Waals surface area (Å²) >= 11 is 11.7. The highest BCUT2D eigenvalue weighted by molar-refractivity contribution is 6.31. The monoisotopic (exact) mass is 323 g/mol. The SMILES string of the molecule is O=C(O)N[C@H](C(=O)c1cccc(Cl)c1)c1ccc(Cl)cc1. The summed E-state index contributed by atoms with van der Waals surface area (Å²) in [5.74, 6) is -0.387. The average Bonchev–Trinajstić information content (AvgIpc) is 2.45. The number of ketones is 1. The fourth-order valence-electron chi connectivity index (χ4n) is 1.89. The first kappa shape index (κ1) is 15.4. The molecule has 1 atom stereocenters. The summed E-state index contributed by atoms with van der Waals surface area (Å²) in [5, 5.41) is 12.1. The maximum Gasteiger partial charge on any atom is 0.405 e. The Labute approximate surface area is 131 Å². The summed E-state index contributed by atoms with van der Waals surface area (Å²) in [7, 11) is 0. The van der Waals surface area contributed by atoms with Crippen LogP contribution in [0.1, 0.15) is 22.0 Å². The van der Waals surface area contributed by atoms with E-state index in [-0.39, 0.29) is 5.78 Å². The lowest BCUT2D eigenvalue weighted by Gasteiger charge is -2.16. The molecule has 0 heterocycles. The second kappa shape index (κ2) is 6.61. The number of hydrogen-bond donors (Lipinski definition) is 2. The van der Waals surface area contributed by atoms with Gasteiger partial charge < -0.3 is 10.4 Å². The Kier molecular flexibility index (Phi) is 4.83. The molecule has 0 aliphatic rings. The molecule has 21 heavy (non-hydrogen) atoms. The van der Waals surface area contributed by atoms with Crippen LogP contribution in [0.15, 0.2) is 48.5 Å². The summed E-state index contributed by atoms with van der Waals surface area (Å²) < 4.78 is 0. The van der Waals surface area contributed by atoms with E-state index in [1.807, 2.05) is 0 Å². The number of carbonyl (C=O) groups is 2. The Morgan fingerprint density at radius 2 is 1.67 bits per heavy atom. The van der Waals surface area contributed by atoms with Crippen molar-refractivity contribution < 1.29 is 14.7 Å². The van der Waals surface area contributed by atoms with Gasteiger partial charge in [0.05, 0.1) is 0 Å². The molecule has 0 aliphatic carbocycles. The van der Waals surface area contributed by atoms with Crippen molar-refractivity contribution >= 4 is 35.1 Å². The van der Waals surface area contributed by atoms with Gasteiger partial charge in [-0.3, -0.25) is 4.79 Å². The number of hydrogen-bond acceptors (Lipinski definition) is 2. The summed E-state index contributed by atoms with van der Waals surface area (Å²) in [5.41, 5.74) is 0.836. The fourth-order valence-corrected chi connectivity index (χ4v) is 2.20. The molecule has 0 radical (unpaired) electrons. The smallest absolute Gasteiger partial charge is 0.405 e. The minimum Gasteiger partial charge on any atom is -0.465 e. The van der Waals surface area contributed by atoms with Crippen molar-refractivity contribution in [3.05, 3.63) is 69.7 Å². The molecule has 0 saturated heterocycles. The molecule has 0 unspecified atom stereocenters. The second-order valence-corrected chi connectivity index (χ2v) is 5.18. The number of halogens is 2. The highest BCUT2D eigenvalue weighted by Crippen LogP contribution is 2.22. The molecule has 0 saturated carbocycles. The van der Waals surface area contributed by atoms with Crippen LogP contribution in [-0.2, 0) is 0 Å². The lowest BCUT2D eigenvalue weighted by molar-refractivity contribution is 0.0936. The Balaban J connectivity index is 2.38. The Morgan fingerprint density at radius 3 is 2.24 bits per heavy atom. The van der Waals surface area contributed by atoms with Crippen LogP contribution in [0.3, 0.4) is 0 Å². The van der Waals surface area contributed by atoms with Crippen molar-refractivity contribution in [1.29, 1.82) is 0 Å². The van der Waals surface area contributed by atoms with Crippen molar-refractivity contribution in [3.63, 3.8) is 0 Å². The van der Waals surface area contributed by atoms with Crippen LogP contribution in [0.5, 0.6) is 0 Å². The third kappa shape index (κ3) is 3.97. The molecule has 0 bridgehead atoms. The van der Waals surface area contributed by atoms with E-state index in [4.69, 9.17) is 28.3 Å². The van der Waals surface area contributed by atoms with E-state index in [2.05, 4.69) is 5.32 Å². The normalized spacial score (nSPS) is 11.7. The van der Waals surface area contributed by atoms with E-state index in [1.165, 1.54) is 6.07 Å². The molecule has 0 aliphatic heterocycles. The summed E-state index contributed by atoms with van der Waals surface area (Å²) in [6, 6.07) is 11.7. The number of rotatable bonds is 4. The van der Waals surface area contributed by atoms with E-state index >= 15 is 0 Å². The van der Waals surface area contributed by atoms with Crippen LogP contribution in [0.25, 0.3) is 0 Å². The number of amides is 1. The Morgan fingerprint density at radius 1 is 1.00 bits per heavy atom. The van der Waals surface area contributed by atoms with Gasteiger partial charge in [0, 0.05) is 15.6 Å². The van der Waals surface area contributed by atoms with Crippen molar-refractivity contribution in [2.45, 2.75) is 6.04 Å². The predicted molar refractivity (Wildman–Crippen MR) is 81.1 cm³/mol. The van der Waals surface area contributed by atoms with Gasteiger partial charge in [-0.25, -0.2) is 4.79 Å². The molecule has 2 aromatic carbocycles. The van der Waals surface area contributed by atoms with Crippen molar-refractivity contribution in [3.8, 4) is 0 Å². The lowest BCUT2D eigenvalue weighted by atomic mass is 9.97. The molecule has 1 amide bonds. The number of benzene rings is 2. The zero-order valence-corrected chi connectivity index (χ0v) is 12.2. The van der Waals surface area contributed by atoms with E-state index in [9.17, 15) is 9.59 Å². The molecule has 2 aromatic rings. The standard InChI is InChI=1S/C15H11Cl2NO3/c16-11-6-4-9(5-7-11)13(18-15(20)21)14(19)10-2-1-3-12(17)8-10/h1-8,13,18H,(H,20,21)/t13-/m0/s1. The second-order valence-electron chi connectivity index (χ2n) is 4.31.